The number of nitrogens with zero attached hydrogens (tertiary/aromatic N) is 1. The van der Waals surface area contributed by atoms with Gasteiger partial charge in [0.1, 0.15) is 5.75 Å². The molecular formula is C14H18N2O2S. The van der Waals surface area contributed by atoms with Gasteiger partial charge in [-0.05, 0) is 44.4 Å². The zero-order valence-corrected chi connectivity index (χ0v) is 12.2. The van der Waals surface area contributed by atoms with Crippen LogP contribution in [0, 0.1) is 17.2 Å². The summed E-state index contributed by atoms with van der Waals surface area (Å²) in [7, 11) is 0. The molecule has 1 N–H and O–H groups in total. The van der Waals surface area contributed by atoms with Crippen molar-refractivity contribution in [1.29, 1.82) is 5.26 Å². The summed E-state index contributed by atoms with van der Waals surface area (Å²) in [6, 6.07) is 9.64. The largest absolute Gasteiger partial charge is 0.481 e. The lowest BCUT2D eigenvalue weighted by Crippen LogP contribution is -2.38. The van der Waals surface area contributed by atoms with Crippen molar-refractivity contribution in [3.8, 4) is 11.8 Å². The summed E-state index contributed by atoms with van der Waals surface area (Å²) in [6.07, 6.45) is 1.42. The molecule has 4 nitrogen and oxygen atoms in total. The first-order valence-electron chi connectivity index (χ1n) is 6.05. The fourth-order valence-electron chi connectivity index (χ4n) is 1.35. The Labute approximate surface area is 118 Å². The van der Waals surface area contributed by atoms with Crippen molar-refractivity contribution >= 4 is 17.7 Å². The molecule has 1 aromatic carbocycles. The van der Waals surface area contributed by atoms with Gasteiger partial charge in [0.15, 0.2) is 6.10 Å². The molecule has 0 aliphatic carbocycles. The van der Waals surface area contributed by atoms with Crippen molar-refractivity contribution in [2.75, 3.05) is 12.8 Å². The molecule has 0 unspecified atom stereocenters. The molecule has 102 valence electrons. The number of thioether (sulfide) groups is 1. The standard InChI is InChI=1S/C14H18N2O2S/c1-10(8-15)9-16-14(17)11(2)18-12-4-6-13(19-3)7-5-12/h4-7,10-11H,9H2,1-3H3,(H,16,17)/t10-,11+/m1/s1. The highest BCUT2D eigenvalue weighted by Gasteiger charge is 2.15. The maximum atomic E-state index is 11.7. The molecule has 1 amide bonds. The lowest BCUT2D eigenvalue weighted by molar-refractivity contribution is -0.127. The number of amides is 1. The van der Waals surface area contributed by atoms with Crippen LogP contribution in [0.25, 0.3) is 0 Å². The minimum absolute atomic E-state index is 0.197. The van der Waals surface area contributed by atoms with Gasteiger partial charge in [0.05, 0.1) is 12.0 Å². The molecular weight excluding hydrogens is 260 g/mol. The van der Waals surface area contributed by atoms with Crippen LogP contribution in [0.5, 0.6) is 5.75 Å². The maximum absolute atomic E-state index is 11.7. The molecule has 0 radical (unpaired) electrons. The summed E-state index contributed by atoms with van der Waals surface area (Å²) in [6.45, 7) is 3.79. The van der Waals surface area contributed by atoms with E-state index < -0.39 is 6.10 Å². The Morgan fingerprint density at radius 2 is 2.05 bits per heavy atom. The Morgan fingerprint density at radius 1 is 1.42 bits per heavy atom. The topological polar surface area (TPSA) is 62.1 Å². The molecule has 0 aliphatic heterocycles. The van der Waals surface area contributed by atoms with Gasteiger partial charge < -0.3 is 10.1 Å². The van der Waals surface area contributed by atoms with Gasteiger partial charge in [0.2, 0.25) is 0 Å². The van der Waals surface area contributed by atoms with Gasteiger partial charge in [-0.15, -0.1) is 11.8 Å². The van der Waals surface area contributed by atoms with Crippen LogP contribution in [0.2, 0.25) is 0 Å². The number of hydrogen-bond acceptors (Lipinski definition) is 4. The van der Waals surface area contributed by atoms with Gasteiger partial charge in [0, 0.05) is 11.4 Å². The number of nitrogens with one attached hydrogen (secondary N) is 1. The molecule has 0 bridgehead atoms. The van der Waals surface area contributed by atoms with Crippen LogP contribution in [-0.2, 0) is 4.79 Å². The number of rotatable bonds is 6. The lowest BCUT2D eigenvalue weighted by Gasteiger charge is -2.15. The molecule has 2 atom stereocenters. The van der Waals surface area contributed by atoms with Gasteiger partial charge in [-0.3, -0.25) is 4.79 Å². The summed E-state index contributed by atoms with van der Waals surface area (Å²) in [5.41, 5.74) is 0. The molecule has 0 saturated heterocycles. The summed E-state index contributed by atoms with van der Waals surface area (Å²) >= 11 is 1.65. The highest BCUT2D eigenvalue weighted by atomic mass is 32.2. The van der Waals surface area contributed by atoms with Crippen molar-refractivity contribution in [3.63, 3.8) is 0 Å². The fraction of sp³-hybridized carbons (Fsp3) is 0.429. The van der Waals surface area contributed by atoms with E-state index in [9.17, 15) is 4.79 Å². The number of carbonyl (C=O) groups is 1. The molecule has 0 aromatic heterocycles. The molecule has 0 saturated carbocycles. The third-order valence-corrected chi connectivity index (χ3v) is 3.29. The second kappa shape index (κ2) is 7.70. The summed E-state index contributed by atoms with van der Waals surface area (Å²) in [4.78, 5) is 12.9. The normalized spacial score (nSPS) is 13.2. The van der Waals surface area contributed by atoms with E-state index in [0.29, 0.717) is 12.3 Å². The Balaban J connectivity index is 2.47. The number of nitriles is 1. The first-order chi connectivity index (χ1) is 9.06. The van der Waals surface area contributed by atoms with E-state index in [0.717, 1.165) is 4.90 Å². The number of hydrogen-bond donors (Lipinski definition) is 1. The first kappa shape index (κ1) is 15.4. The van der Waals surface area contributed by atoms with Gasteiger partial charge in [-0.1, -0.05) is 0 Å². The van der Waals surface area contributed by atoms with Gasteiger partial charge >= 0.3 is 0 Å². The van der Waals surface area contributed by atoms with E-state index in [4.69, 9.17) is 10.00 Å². The van der Waals surface area contributed by atoms with Crippen LogP contribution in [0.4, 0.5) is 0 Å². The maximum Gasteiger partial charge on any atom is 0.260 e. The zero-order chi connectivity index (χ0) is 14.3. The molecule has 0 heterocycles. The smallest absolute Gasteiger partial charge is 0.260 e. The quantitative estimate of drug-likeness (QED) is 0.812. The Hall–Kier alpha value is -1.67. The summed E-state index contributed by atoms with van der Waals surface area (Å²) in [5.74, 6) is 0.252. The molecule has 1 aromatic rings. The monoisotopic (exact) mass is 278 g/mol. The van der Waals surface area contributed by atoms with Crippen LogP contribution in [0.15, 0.2) is 29.2 Å². The zero-order valence-electron chi connectivity index (χ0n) is 11.3. The molecule has 0 fully saturated rings. The minimum atomic E-state index is -0.578. The lowest BCUT2D eigenvalue weighted by atomic mass is 10.2. The Bertz CT molecular complexity index is 454. The van der Waals surface area contributed by atoms with E-state index >= 15 is 0 Å². The predicted octanol–water partition coefficient (Wildman–Crippen LogP) is 2.45. The third kappa shape index (κ3) is 5.23. The van der Waals surface area contributed by atoms with Crippen LogP contribution in [0.1, 0.15) is 13.8 Å². The minimum Gasteiger partial charge on any atom is -0.481 e. The van der Waals surface area contributed by atoms with Crippen LogP contribution in [0.3, 0.4) is 0 Å². The van der Waals surface area contributed by atoms with Crippen molar-refractivity contribution in [1.82, 2.24) is 5.32 Å². The van der Waals surface area contributed by atoms with Gasteiger partial charge in [0.25, 0.3) is 5.91 Å². The van der Waals surface area contributed by atoms with Crippen molar-refractivity contribution in [2.24, 2.45) is 5.92 Å². The summed E-state index contributed by atoms with van der Waals surface area (Å²) < 4.78 is 5.54. The molecule has 0 aliphatic rings. The van der Waals surface area contributed by atoms with Crippen molar-refractivity contribution in [3.05, 3.63) is 24.3 Å². The first-order valence-corrected chi connectivity index (χ1v) is 7.27. The Morgan fingerprint density at radius 3 is 2.58 bits per heavy atom. The average molecular weight is 278 g/mol. The number of benzene rings is 1. The predicted molar refractivity (Wildman–Crippen MR) is 76.1 cm³/mol. The summed E-state index contributed by atoms with van der Waals surface area (Å²) in [5, 5.41) is 11.3. The van der Waals surface area contributed by atoms with Crippen LogP contribution >= 0.6 is 11.8 Å². The van der Waals surface area contributed by atoms with Gasteiger partial charge in [-0.2, -0.15) is 5.26 Å². The van der Waals surface area contributed by atoms with E-state index in [2.05, 4.69) is 11.4 Å². The van der Waals surface area contributed by atoms with Crippen molar-refractivity contribution < 1.29 is 9.53 Å². The highest BCUT2D eigenvalue weighted by Crippen LogP contribution is 2.19. The fourth-order valence-corrected chi connectivity index (χ4v) is 1.76. The van der Waals surface area contributed by atoms with Crippen LogP contribution < -0.4 is 10.1 Å². The molecule has 19 heavy (non-hydrogen) atoms. The molecule has 5 heteroatoms. The molecule has 1 rings (SSSR count). The SMILES string of the molecule is CSc1ccc(O[C@@H](C)C(=O)NC[C@H](C)C#N)cc1. The second-order valence-corrected chi connectivity index (χ2v) is 5.09. The number of carbonyl (C=O) groups excluding carboxylic acids is 1. The average Bonchev–Trinajstić information content (AvgIpc) is 2.44. The van der Waals surface area contributed by atoms with Crippen molar-refractivity contribution in [2.45, 2.75) is 24.8 Å². The van der Waals surface area contributed by atoms with E-state index in [1.807, 2.05) is 30.5 Å². The number of ether oxygens (including phenoxy) is 1. The highest BCUT2D eigenvalue weighted by molar-refractivity contribution is 7.98. The van der Waals surface area contributed by atoms with E-state index in [-0.39, 0.29) is 11.8 Å². The third-order valence-electron chi connectivity index (χ3n) is 2.54. The Kier molecular flexibility index (Phi) is 6.23. The van der Waals surface area contributed by atoms with E-state index in [1.54, 1.807) is 25.6 Å². The second-order valence-electron chi connectivity index (χ2n) is 4.21. The van der Waals surface area contributed by atoms with Gasteiger partial charge in [-0.25, -0.2) is 0 Å². The van der Waals surface area contributed by atoms with Crippen LogP contribution in [-0.4, -0.2) is 24.8 Å². The molecule has 0 spiro atoms. The van der Waals surface area contributed by atoms with E-state index in [1.165, 1.54) is 0 Å².